The van der Waals surface area contributed by atoms with Gasteiger partial charge in [-0.25, -0.2) is 0 Å². The number of hydrogen-bond acceptors (Lipinski definition) is 2. The van der Waals surface area contributed by atoms with Gasteiger partial charge in [0.15, 0.2) is 0 Å². The van der Waals surface area contributed by atoms with Crippen LogP contribution in [0.5, 0.6) is 0 Å². The molecule has 0 amide bonds. The Morgan fingerprint density at radius 1 is 1.17 bits per heavy atom. The molecule has 104 valence electrons. The highest BCUT2D eigenvalue weighted by atomic mass is 79.9. The van der Waals surface area contributed by atoms with Gasteiger partial charge >= 0.3 is 5.97 Å². The lowest BCUT2D eigenvalue weighted by molar-refractivity contribution is -0.142. The molecule has 0 saturated carbocycles. The van der Waals surface area contributed by atoms with Crippen LogP contribution in [0.3, 0.4) is 0 Å². The predicted molar refractivity (Wildman–Crippen MR) is 86.4 cm³/mol. The van der Waals surface area contributed by atoms with E-state index in [1.54, 1.807) is 0 Å². The highest BCUT2D eigenvalue weighted by Gasteiger charge is 2.18. The van der Waals surface area contributed by atoms with E-state index in [2.05, 4.69) is 41.0 Å². The first-order valence-corrected chi connectivity index (χ1v) is 11.0. The molecule has 2 nitrogen and oxygen atoms in total. The summed E-state index contributed by atoms with van der Waals surface area (Å²) < 4.78 is 6.32. The molecule has 18 heavy (non-hydrogen) atoms. The van der Waals surface area contributed by atoms with E-state index in [1.165, 1.54) is 0 Å². The Morgan fingerprint density at radius 2 is 1.72 bits per heavy atom. The van der Waals surface area contributed by atoms with Crippen molar-refractivity contribution in [2.75, 3.05) is 37.4 Å². The van der Waals surface area contributed by atoms with Gasteiger partial charge in [-0.15, -0.1) is 0 Å². The number of carbonyl (C=O) groups is 1. The van der Waals surface area contributed by atoms with Crippen molar-refractivity contribution >= 4 is 31.1 Å². The normalized spacial score (nSPS) is 13.7. The molecule has 1 aromatic rings. The van der Waals surface area contributed by atoms with Crippen LogP contribution < -0.4 is 0 Å². The second-order valence-corrected chi connectivity index (χ2v) is 16.0. The Kier molecular flexibility index (Phi) is 4.90. The van der Waals surface area contributed by atoms with Crippen LogP contribution in [0.15, 0.2) is 28.7 Å². The molecular weight excluding hydrogens is 312 g/mol. The molecule has 1 rings (SSSR count). The Balaban J connectivity index is 2.37. The third-order valence-electron chi connectivity index (χ3n) is 2.51. The number of halogens is 1. The van der Waals surface area contributed by atoms with Crippen molar-refractivity contribution < 1.29 is 9.53 Å². The monoisotopic (exact) mass is 334 g/mol. The van der Waals surface area contributed by atoms with Crippen molar-refractivity contribution in [3.8, 4) is 0 Å². The molecule has 0 atom stereocenters. The van der Waals surface area contributed by atoms with Crippen molar-refractivity contribution in [1.82, 2.24) is 0 Å². The zero-order valence-electron chi connectivity index (χ0n) is 11.6. The molecule has 4 heteroatoms. The Morgan fingerprint density at radius 3 is 2.22 bits per heavy atom. The summed E-state index contributed by atoms with van der Waals surface area (Å²) in [6.07, 6.45) is 9.49. The van der Waals surface area contributed by atoms with Gasteiger partial charge in [-0.3, -0.25) is 14.0 Å². The van der Waals surface area contributed by atoms with Crippen molar-refractivity contribution in [3.05, 3.63) is 34.3 Å². The minimum Gasteiger partial charge on any atom is -0.465 e. The van der Waals surface area contributed by atoms with Crippen LogP contribution in [0.25, 0.3) is 0 Å². The summed E-state index contributed by atoms with van der Waals surface area (Å²) in [4.78, 5) is 11.7. The third kappa shape index (κ3) is 7.07. The zero-order chi connectivity index (χ0) is 13.8. The molecule has 0 aromatic heterocycles. The van der Waals surface area contributed by atoms with Crippen molar-refractivity contribution in [2.45, 2.75) is 6.42 Å². The number of esters is 1. The molecular formula is C14H23BrO2S. The summed E-state index contributed by atoms with van der Waals surface area (Å²) in [5.74, 6) is 0.843. The molecule has 0 N–H and O–H groups in total. The van der Waals surface area contributed by atoms with Gasteiger partial charge in [0.25, 0.3) is 0 Å². The average Bonchev–Trinajstić information content (AvgIpc) is 2.18. The van der Waals surface area contributed by atoms with Crippen LogP contribution in [0.1, 0.15) is 5.56 Å². The molecule has 0 spiro atoms. The van der Waals surface area contributed by atoms with E-state index < -0.39 is 9.16 Å². The van der Waals surface area contributed by atoms with Gasteiger partial charge < -0.3 is 4.74 Å². The minimum absolute atomic E-state index is 0.141. The summed E-state index contributed by atoms with van der Waals surface area (Å²) in [5, 5.41) is 0. The van der Waals surface area contributed by atoms with Crippen LogP contribution in [0.4, 0.5) is 0 Å². The lowest BCUT2D eigenvalue weighted by atomic mass is 10.2. The topological polar surface area (TPSA) is 26.3 Å². The van der Waals surface area contributed by atoms with Crippen molar-refractivity contribution in [1.29, 1.82) is 0 Å². The molecule has 0 aliphatic rings. The standard InChI is InChI=1S/C14H23BrO2S/c1-18(2,3,4)10-9-17-14(16)11-12-5-7-13(15)8-6-12/h5-8,18H,9-11H2,1-4H3. The quantitative estimate of drug-likeness (QED) is 0.661. The summed E-state index contributed by atoms with van der Waals surface area (Å²) in [7, 11) is -1.56. The third-order valence-corrected chi connectivity index (χ3v) is 5.01. The fraction of sp³-hybridized carbons (Fsp3) is 0.500. The number of carbonyl (C=O) groups excluding carboxylic acids is 1. The first-order chi connectivity index (χ1) is 8.12. The van der Waals surface area contributed by atoms with Gasteiger partial charge in [0.1, 0.15) is 0 Å². The van der Waals surface area contributed by atoms with Crippen LogP contribution in [-0.2, 0) is 16.0 Å². The molecule has 0 fully saturated rings. The maximum atomic E-state index is 11.7. The molecule has 0 aliphatic heterocycles. The Hall–Kier alpha value is -0.480. The molecule has 0 saturated heterocycles. The summed E-state index contributed by atoms with van der Waals surface area (Å²) in [6, 6.07) is 7.74. The number of thiol groups is 1. The van der Waals surface area contributed by atoms with Gasteiger partial charge in [-0.05, 0) is 48.5 Å². The molecule has 0 unspecified atom stereocenters. The van der Waals surface area contributed by atoms with Crippen molar-refractivity contribution in [2.24, 2.45) is 0 Å². The largest absolute Gasteiger partial charge is 0.465 e. The summed E-state index contributed by atoms with van der Waals surface area (Å²) in [6.45, 7) is 0.535. The van der Waals surface area contributed by atoms with E-state index in [0.717, 1.165) is 15.8 Å². The second kappa shape index (κ2) is 5.66. The Bertz CT molecular complexity index is 408. The van der Waals surface area contributed by atoms with Gasteiger partial charge in [0.2, 0.25) is 0 Å². The minimum atomic E-state index is -1.56. The fourth-order valence-corrected chi connectivity index (χ4v) is 2.43. The van der Waals surface area contributed by atoms with E-state index in [-0.39, 0.29) is 5.97 Å². The van der Waals surface area contributed by atoms with Gasteiger partial charge in [0, 0.05) is 4.47 Å². The Labute approximate surface area is 119 Å². The van der Waals surface area contributed by atoms with Crippen LogP contribution >= 0.6 is 25.1 Å². The molecule has 1 aromatic carbocycles. The number of rotatable bonds is 5. The second-order valence-electron chi connectivity index (χ2n) is 6.70. The fourth-order valence-electron chi connectivity index (χ4n) is 1.34. The average molecular weight is 335 g/mol. The van der Waals surface area contributed by atoms with E-state index in [4.69, 9.17) is 4.74 Å². The molecule has 0 heterocycles. The van der Waals surface area contributed by atoms with Gasteiger partial charge in [-0.2, -0.15) is 0 Å². The first-order valence-electron chi connectivity index (χ1n) is 6.02. The smallest absolute Gasteiger partial charge is 0.310 e. The van der Waals surface area contributed by atoms with E-state index in [0.29, 0.717) is 13.0 Å². The highest BCUT2D eigenvalue weighted by molar-refractivity contribution is 9.10. The van der Waals surface area contributed by atoms with Gasteiger partial charge in [-0.1, -0.05) is 28.1 Å². The summed E-state index contributed by atoms with van der Waals surface area (Å²) in [5.41, 5.74) is 0.988. The molecule has 0 aliphatic carbocycles. The summed E-state index contributed by atoms with van der Waals surface area (Å²) >= 11 is 3.37. The van der Waals surface area contributed by atoms with Gasteiger partial charge in [0.05, 0.1) is 13.0 Å². The number of ether oxygens (including phenoxy) is 1. The van der Waals surface area contributed by atoms with Crippen LogP contribution in [0, 0.1) is 0 Å². The number of benzene rings is 1. The van der Waals surface area contributed by atoms with Crippen LogP contribution in [-0.4, -0.2) is 43.4 Å². The van der Waals surface area contributed by atoms with Crippen molar-refractivity contribution in [3.63, 3.8) is 0 Å². The maximum absolute atomic E-state index is 11.7. The zero-order valence-corrected chi connectivity index (χ0v) is 14.1. The number of hydrogen-bond donors (Lipinski definition) is 1. The highest BCUT2D eigenvalue weighted by Crippen LogP contribution is 2.54. The maximum Gasteiger partial charge on any atom is 0.310 e. The predicted octanol–water partition coefficient (Wildman–Crippen LogP) is 3.13. The SMILES string of the molecule is C[SH](C)(C)(C)CCOC(=O)Cc1ccc(Br)cc1. The van der Waals surface area contributed by atoms with Crippen LogP contribution in [0.2, 0.25) is 0 Å². The first kappa shape index (κ1) is 15.6. The lowest BCUT2D eigenvalue weighted by Crippen LogP contribution is -2.21. The van der Waals surface area contributed by atoms with E-state index in [1.807, 2.05) is 24.3 Å². The molecule has 0 bridgehead atoms. The lowest BCUT2D eigenvalue weighted by Gasteiger charge is -2.46. The molecule has 0 radical (unpaired) electrons. The van der Waals surface area contributed by atoms with E-state index >= 15 is 0 Å². The van der Waals surface area contributed by atoms with E-state index in [9.17, 15) is 4.79 Å².